The van der Waals surface area contributed by atoms with Crippen LogP contribution in [-0.4, -0.2) is 42.0 Å². The average Bonchev–Trinajstić information content (AvgIpc) is 3.41. The Kier molecular flexibility index (Phi) is 5.85. The summed E-state index contributed by atoms with van der Waals surface area (Å²) in [4.78, 5) is 30.5. The Morgan fingerprint density at radius 2 is 2.09 bits per heavy atom. The van der Waals surface area contributed by atoms with Crippen LogP contribution >= 0.6 is 0 Å². The van der Waals surface area contributed by atoms with Crippen LogP contribution < -0.4 is 10.6 Å². The molecule has 1 aliphatic carbocycles. The molecule has 2 N–H and O–H groups in total. The number of hydrogen-bond donors (Lipinski definition) is 2. The van der Waals surface area contributed by atoms with E-state index in [4.69, 9.17) is 4.42 Å². The van der Waals surface area contributed by atoms with E-state index in [9.17, 15) is 9.70 Å². The minimum atomic E-state index is -0.263. The molecule has 0 bridgehead atoms. The van der Waals surface area contributed by atoms with Crippen molar-refractivity contribution < 1.29 is 9.21 Å². The summed E-state index contributed by atoms with van der Waals surface area (Å²) in [6, 6.07) is 7.46. The molecule has 0 spiro atoms. The molecular weight excluding hydrogens is 406 g/mol. The molecule has 3 aromatic rings. The molecule has 1 fully saturated rings. The predicted molar refractivity (Wildman–Crippen MR) is 123 cm³/mol. The number of pyridine rings is 1. The smallest absolute Gasteiger partial charge is 0.289 e. The zero-order valence-electron chi connectivity index (χ0n) is 18.0. The van der Waals surface area contributed by atoms with Crippen LogP contribution in [0, 0.1) is 4.91 Å². The van der Waals surface area contributed by atoms with Gasteiger partial charge in [0.25, 0.3) is 5.91 Å². The summed E-state index contributed by atoms with van der Waals surface area (Å²) in [7, 11) is 0. The predicted octanol–water partition coefficient (Wildman–Crippen LogP) is 4.54. The van der Waals surface area contributed by atoms with Gasteiger partial charge in [-0.3, -0.25) is 9.78 Å². The van der Waals surface area contributed by atoms with E-state index in [1.807, 2.05) is 24.3 Å². The van der Waals surface area contributed by atoms with E-state index < -0.39 is 0 Å². The highest BCUT2D eigenvalue weighted by Gasteiger charge is 2.25. The Bertz CT molecular complexity index is 1140. The zero-order chi connectivity index (χ0) is 21.9. The number of amides is 1. The van der Waals surface area contributed by atoms with Crippen molar-refractivity contribution >= 4 is 28.3 Å². The highest BCUT2D eigenvalue weighted by atomic mass is 16.3. The third-order valence-corrected chi connectivity index (χ3v) is 6.45. The summed E-state index contributed by atoms with van der Waals surface area (Å²) >= 11 is 0. The van der Waals surface area contributed by atoms with Crippen LogP contribution in [0.4, 0.5) is 11.4 Å². The zero-order valence-corrected chi connectivity index (χ0v) is 18.0. The fraction of sp³-hybridized carbons (Fsp3) is 0.417. The van der Waals surface area contributed by atoms with Crippen molar-refractivity contribution in [3.05, 3.63) is 58.5 Å². The standard InChI is InChI=1S/C24H27N5O3/c30-24(26-10-13-29-11-2-1-3-12-29)23-22(19-8-9-25-15-21(19)32-23)27-17-5-6-18-16(14-17)4-7-20(18)28-31/h5-6,8-9,14-15,20,27H,1-4,7,10-13H2,(H,26,30). The Morgan fingerprint density at radius 3 is 2.94 bits per heavy atom. The van der Waals surface area contributed by atoms with Crippen molar-refractivity contribution in [2.24, 2.45) is 5.18 Å². The van der Waals surface area contributed by atoms with Gasteiger partial charge >= 0.3 is 0 Å². The second-order valence-corrected chi connectivity index (χ2v) is 8.53. The van der Waals surface area contributed by atoms with Crippen LogP contribution in [0.15, 0.2) is 46.3 Å². The molecule has 1 aliphatic heterocycles. The second-order valence-electron chi connectivity index (χ2n) is 8.53. The Balaban J connectivity index is 1.36. The molecule has 1 saturated heterocycles. The van der Waals surface area contributed by atoms with E-state index in [-0.39, 0.29) is 17.7 Å². The maximum absolute atomic E-state index is 13.0. The fourth-order valence-electron chi connectivity index (χ4n) is 4.75. The Hall–Kier alpha value is -3.26. The minimum absolute atomic E-state index is 0.243. The van der Waals surface area contributed by atoms with Gasteiger partial charge < -0.3 is 20.0 Å². The van der Waals surface area contributed by atoms with Gasteiger partial charge in [0.05, 0.1) is 11.9 Å². The van der Waals surface area contributed by atoms with Gasteiger partial charge in [0.2, 0.25) is 5.76 Å². The number of nitrogens with zero attached hydrogens (tertiary/aromatic N) is 3. The van der Waals surface area contributed by atoms with E-state index in [0.717, 1.165) is 54.7 Å². The van der Waals surface area contributed by atoms with Gasteiger partial charge in [-0.05, 0) is 68.1 Å². The number of likely N-dealkylation sites (tertiary alicyclic amines) is 1. The van der Waals surface area contributed by atoms with Crippen molar-refractivity contribution in [3.63, 3.8) is 0 Å². The van der Waals surface area contributed by atoms with Gasteiger partial charge in [0.15, 0.2) is 5.58 Å². The van der Waals surface area contributed by atoms with E-state index >= 15 is 0 Å². The van der Waals surface area contributed by atoms with Gasteiger partial charge in [0.1, 0.15) is 6.04 Å². The summed E-state index contributed by atoms with van der Waals surface area (Å²) in [5.74, 6) is 0.00617. The molecule has 1 atom stereocenters. The second kappa shape index (κ2) is 9.08. The molecule has 2 aromatic heterocycles. The molecule has 8 nitrogen and oxygen atoms in total. The van der Waals surface area contributed by atoms with Crippen molar-refractivity contribution in [2.45, 2.75) is 38.1 Å². The number of aryl methyl sites for hydroxylation is 1. The maximum atomic E-state index is 13.0. The van der Waals surface area contributed by atoms with Crippen LogP contribution in [0.5, 0.6) is 0 Å². The Labute approximate surface area is 186 Å². The molecule has 166 valence electrons. The normalized spacial score (nSPS) is 18.4. The minimum Gasteiger partial charge on any atom is -0.447 e. The molecule has 1 amide bonds. The van der Waals surface area contributed by atoms with Crippen LogP contribution in [0.1, 0.15) is 53.4 Å². The highest BCUT2D eigenvalue weighted by molar-refractivity contribution is 6.07. The van der Waals surface area contributed by atoms with Crippen molar-refractivity contribution in [3.8, 4) is 0 Å². The summed E-state index contributed by atoms with van der Waals surface area (Å²) < 4.78 is 5.90. The van der Waals surface area contributed by atoms with Crippen LogP contribution in [0.2, 0.25) is 0 Å². The molecule has 5 rings (SSSR count). The first-order chi connectivity index (χ1) is 15.7. The maximum Gasteiger partial charge on any atom is 0.289 e. The fourth-order valence-corrected chi connectivity index (χ4v) is 4.75. The van der Waals surface area contributed by atoms with Crippen LogP contribution in [0.25, 0.3) is 11.0 Å². The number of aromatic nitrogens is 1. The lowest BCUT2D eigenvalue weighted by molar-refractivity contribution is 0.0922. The lowest BCUT2D eigenvalue weighted by Gasteiger charge is -2.26. The molecule has 0 radical (unpaired) electrons. The number of furan rings is 1. The molecule has 0 saturated carbocycles. The summed E-state index contributed by atoms with van der Waals surface area (Å²) in [6.45, 7) is 3.61. The Morgan fingerprint density at radius 1 is 1.22 bits per heavy atom. The number of piperidine rings is 1. The molecule has 1 aromatic carbocycles. The topological polar surface area (TPSA) is 99.8 Å². The van der Waals surface area contributed by atoms with Crippen LogP contribution in [0.3, 0.4) is 0 Å². The number of nitroso groups, excluding NO2 is 1. The number of carbonyl (C=O) groups is 1. The number of nitrogens with one attached hydrogen (secondary N) is 2. The van der Waals surface area contributed by atoms with Gasteiger partial charge in [-0.15, -0.1) is 0 Å². The van der Waals surface area contributed by atoms with Crippen molar-refractivity contribution in [1.29, 1.82) is 0 Å². The monoisotopic (exact) mass is 433 g/mol. The number of anilines is 2. The van der Waals surface area contributed by atoms with Gasteiger partial charge in [-0.2, -0.15) is 4.91 Å². The first kappa shape index (κ1) is 20.6. The molecule has 8 heteroatoms. The lowest BCUT2D eigenvalue weighted by atomic mass is 10.1. The summed E-state index contributed by atoms with van der Waals surface area (Å²) in [6.07, 6.45) is 8.61. The largest absolute Gasteiger partial charge is 0.447 e. The van der Waals surface area contributed by atoms with E-state index in [2.05, 4.69) is 25.7 Å². The van der Waals surface area contributed by atoms with Crippen molar-refractivity contribution in [1.82, 2.24) is 15.2 Å². The van der Waals surface area contributed by atoms with Gasteiger partial charge in [-0.1, -0.05) is 17.7 Å². The first-order valence-electron chi connectivity index (χ1n) is 11.3. The molecule has 2 aliphatic rings. The lowest BCUT2D eigenvalue weighted by Crippen LogP contribution is -2.37. The first-order valence-corrected chi connectivity index (χ1v) is 11.3. The quantitative estimate of drug-likeness (QED) is 0.531. The number of carbonyl (C=O) groups excluding carboxylic acids is 1. The number of hydrogen-bond acceptors (Lipinski definition) is 7. The average molecular weight is 434 g/mol. The number of rotatable bonds is 7. The van der Waals surface area contributed by atoms with Crippen LogP contribution in [-0.2, 0) is 6.42 Å². The third-order valence-electron chi connectivity index (χ3n) is 6.45. The summed E-state index contributed by atoms with van der Waals surface area (Å²) in [5, 5.41) is 10.4. The molecule has 1 unspecified atom stereocenters. The van der Waals surface area contributed by atoms with E-state index in [1.165, 1.54) is 19.3 Å². The highest BCUT2D eigenvalue weighted by Crippen LogP contribution is 2.37. The molecule has 32 heavy (non-hydrogen) atoms. The number of benzene rings is 1. The van der Waals surface area contributed by atoms with Gasteiger partial charge in [-0.25, -0.2) is 0 Å². The molecule has 3 heterocycles. The van der Waals surface area contributed by atoms with Crippen molar-refractivity contribution in [2.75, 3.05) is 31.5 Å². The number of fused-ring (bicyclic) bond motifs is 2. The van der Waals surface area contributed by atoms with Gasteiger partial charge in [0, 0.05) is 30.4 Å². The van der Waals surface area contributed by atoms with E-state index in [0.29, 0.717) is 17.8 Å². The summed E-state index contributed by atoms with van der Waals surface area (Å²) in [5.41, 5.74) is 4.13. The molecular formula is C24H27N5O3. The SMILES string of the molecule is O=NC1CCc2cc(Nc3c(C(=O)NCCN4CCCCC4)oc4cnccc34)ccc21. The third kappa shape index (κ3) is 4.10. The van der Waals surface area contributed by atoms with E-state index in [1.54, 1.807) is 12.4 Å².